The van der Waals surface area contributed by atoms with E-state index in [1.54, 1.807) is 5.01 Å². The molecule has 1 amide bonds. The highest BCUT2D eigenvalue weighted by molar-refractivity contribution is 8.03. The van der Waals surface area contributed by atoms with Crippen LogP contribution in [0.15, 0.2) is 27.9 Å². The first-order chi connectivity index (χ1) is 9.84. The molecule has 0 aromatic carbocycles. The number of thioether (sulfide) groups is 1. The van der Waals surface area contributed by atoms with Gasteiger partial charge in [0.05, 0.1) is 16.3 Å². The van der Waals surface area contributed by atoms with Crippen molar-refractivity contribution < 1.29 is 4.79 Å². The van der Waals surface area contributed by atoms with Crippen molar-refractivity contribution in [3.8, 4) is 0 Å². The Labute approximate surface area is 131 Å². The third-order valence-corrected chi connectivity index (χ3v) is 4.66. The zero-order valence-corrected chi connectivity index (χ0v) is 14.5. The largest absolute Gasteiger partial charge is 0.369 e. The van der Waals surface area contributed by atoms with Crippen molar-refractivity contribution in [1.29, 1.82) is 0 Å². The van der Waals surface area contributed by atoms with Gasteiger partial charge in [0, 0.05) is 31.3 Å². The van der Waals surface area contributed by atoms with Gasteiger partial charge in [-0.3, -0.25) is 4.79 Å². The summed E-state index contributed by atoms with van der Waals surface area (Å²) in [6, 6.07) is 0. The molecule has 1 fully saturated rings. The summed E-state index contributed by atoms with van der Waals surface area (Å²) in [7, 11) is 2.09. The quantitative estimate of drug-likeness (QED) is 0.752. The van der Waals surface area contributed by atoms with Crippen molar-refractivity contribution in [2.45, 2.75) is 34.1 Å². The lowest BCUT2D eigenvalue weighted by molar-refractivity contribution is -0.125. The predicted molar refractivity (Wildman–Crippen MR) is 90.1 cm³/mol. The summed E-state index contributed by atoms with van der Waals surface area (Å²) in [4.78, 5) is 14.8. The lowest BCUT2D eigenvalue weighted by Crippen LogP contribution is -2.24. The summed E-state index contributed by atoms with van der Waals surface area (Å²) in [5.41, 5.74) is 1.50. The molecular formula is C16H25N3OS. The molecule has 0 aromatic heterocycles. The fourth-order valence-corrected chi connectivity index (χ4v) is 3.42. The van der Waals surface area contributed by atoms with E-state index in [1.165, 1.54) is 5.03 Å². The van der Waals surface area contributed by atoms with Gasteiger partial charge in [0.2, 0.25) is 0 Å². The Kier molecular flexibility index (Phi) is 4.81. The minimum absolute atomic E-state index is 0.0317. The SMILES string of the molecule is CCCN1N=C(C(C)(C)C)/C(=C\C=C2\SCCN2C)C1=O. The van der Waals surface area contributed by atoms with Crippen molar-refractivity contribution >= 4 is 23.4 Å². The Morgan fingerprint density at radius 2 is 2.05 bits per heavy atom. The minimum atomic E-state index is -0.128. The molecule has 0 unspecified atom stereocenters. The Balaban J connectivity index is 2.31. The van der Waals surface area contributed by atoms with Gasteiger partial charge >= 0.3 is 0 Å². The first kappa shape index (κ1) is 16.1. The van der Waals surface area contributed by atoms with E-state index in [-0.39, 0.29) is 11.3 Å². The number of rotatable bonds is 3. The number of amides is 1. The van der Waals surface area contributed by atoms with Gasteiger partial charge in [-0.05, 0) is 18.6 Å². The van der Waals surface area contributed by atoms with Crippen molar-refractivity contribution in [3.05, 3.63) is 22.8 Å². The van der Waals surface area contributed by atoms with Gasteiger partial charge in [0.1, 0.15) is 0 Å². The molecule has 2 rings (SSSR count). The molecule has 0 spiro atoms. The van der Waals surface area contributed by atoms with Crippen LogP contribution in [0.1, 0.15) is 34.1 Å². The fraction of sp³-hybridized carbons (Fsp3) is 0.625. The van der Waals surface area contributed by atoms with E-state index in [0.717, 1.165) is 30.0 Å². The van der Waals surface area contributed by atoms with E-state index in [0.29, 0.717) is 6.54 Å². The van der Waals surface area contributed by atoms with Crippen LogP contribution in [-0.4, -0.2) is 47.4 Å². The maximum Gasteiger partial charge on any atom is 0.275 e. The van der Waals surface area contributed by atoms with Crippen LogP contribution in [0.2, 0.25) is 0 Å². The van der Waals surface area contributed by atoms with Gasteiger partial charge in [-0.25, -0.2) is 5.01 Å². The Bertz CT molecular complexity index is 514. The molecule has 2 aliphatic rings. The van der Waals surface area contributed by atoms with E-state index >= 15 is 0 Å². The average molecular weight is 307 g/mol. The zero-order chi connectivity index (χ0) is 15.6. The Morgan fingerprint density at radius 3 is 2.57 bits per heavy atom. The van der Waals surface area contributed by atoms with Crippen LogP contribution < -0.4 is 0 Å². The minimum Gasteiger partial charge on any atom is -0.369 e. The molecule has 0 aromatic rings. The van der Waals surface area contributed by atoms with Gasteiger partial charge in [-0.15, -0.1) is 11.8 Å². The first-order valence-electron chi connectivity index (χ1n) is 7.52. The van der Waals surface area contributed by atoms with E-state index in [1.807, 2.05) is 17.8 Å². The Hall–Kier alpha value is -1.23. The topological polar surface area (TPSA) is 35.9 Å². The van der Waals surface area contributed by atoms with Crippen LogP contribution in [0.5, 0.6) is 0 Å². The molecule has 21 heavy (non-hydrogen) atoms. The number of hydrazone groups is 1. The molecule has 0 N–H and O–H groups in total. The van der Waals surface area contributed by atoms with Crippen molar-refractivity contribution in [2.24, 2.45) is 10.5 Å². The summed E-state index contributed by atoms with van der Waals surface area (Å²) in [5.74, 6) is 1.14. The number of allylic oxidation sites excluding steroid dienone is 2. The van der Waals surface area contributed by atoms with Gasteiger partial charge in [-0.1, -0.05) is 27.7 Å². The van der Waals surface area contributed by atoms with Crippen LogP contribution >= 0.6 is 11.8 Å². The smallest absolute Gasteiger partial charge is 0.275 e. The molecule has 0 aliphatic carbocycles. The molecule has 0 saturated carbocycles. The van der Waals surface area contributed by atoms with Crippen LogP contribution in [-0.2, 0) is 4.79 Å². The molecule has 4 nitrogen and oxygen atoms in total. The van der Waals surface area contributed by atoms with Crippen LogP contribution in [0.25, 0.3) is 0 Å². The summed E-state index contributed by atoms with van der Waals surface area (Å²) in [5, 5.41) is 7.39. The van der Waals surface area contributed by atoms with Gasteiger partial charge < -0.3 is 4.90 Å². The third kappa shape index (κ3) is 3.51. The molecule has 5 heteroatoms. The van der Waals surface area contributed by atoms with Crippen LogP contribution in [0, 0.1) is 5.41 Å². The number of nitrogens with zero attached hydrogens (tertiary/aromatic N) is 3. The predicted octanol–water partition coefficient (Wildman–Crippen LogP) is 3.09. The summed E-state index contributed by atoms with van der Waals surface area (Å²) >= 11 is 1.83. The van der Waals surface area contributed by atoms with E-state index in [9.17, 15) is 4.79 Å². The maximum absolute atomic E-state index is 12.5. The zero-order valence-electron chi connectivity index (χ0n) is 13.6. The lowest BCUT2D eigenvalue weighted by atomic mass is 9.85. The summed E-state index contributed by atoms with van der Waals surface area (Å²) in [6.07, 6.45) is 4.92. The summed E-state index contributed by atoms with van der Waals surface area (Å²) < 4.78 is 0. The molecule has 0 bridgehead atoms. The van der Waals surface area contributed by atoms with Crippen molar-refractivity contribution in [3.63, 3.8) is 0 Å². The van der Waals surface area contributed by atoms with E-state index < -0.39 is 0 Å². The average Bonchev–Trinajstić information content (AvgIpc) is 2.93. The maximum atomic E-state index is 12.5. The Morgan fingerprint density at radius 1 is 1.33 bits per heavy atom. The molecule has 116 valence electrons. The fourth-order valence-electron chi connectivity index (χ4n) is 2.37. The van der Waals surface area contributed by atoms with Crippen LogP contribution in [0.3, 0.4) is 0 Å². The van der Waals surface area contributed by atoms with E-state index in [2.05, 4.69) is 50.8 Å². The van der Waals surface area contributed by atoms with E-state index in [4.69, 9.17) is 0 Å². The second-order valence-electron chi connectivity index (χ2n) is 6.48. The monoisotopic (exact) mass is 307 g/mol. The highest BCUT2D eigenvalue weighted by Crippen LogP contribution is 2.30. The summed E-state index contributed by atoms with van der Waals surface area (Å²) in [6.45, 7) is 10.1. The number of hydrogen-bond donors (Lipinski definition) is 0. The van der Waals surface area contributed by atoms with Gasteiger partial charge in [0.25, 0.3) is 5.91 Å². The molecule has 2 heterocycles. The second-order valence-corrected chi connectivity index (χ2v) is 7.60. The van der Waals surface area contributed by atoms with Crippen molar-refractivity contribution in [2.75, 3.05) is 25.9 Å². The third-order valence-electron chi connectivity index (χ3n) is 3.53. The highest BCUT2D eigenvalue weighted by atomic mass is 32.2. The van der Waals surface area contributed by atoms with Gasteiger partial charge in [0.15, 0.2) is 0 Å². The highest BCUT2D eigenvalue weighted by Gasteiger charge is 2.35. The molecule has 2 aliphatic heterocycles. The van der Waals surface area contributed by atoms with Gasteiger partial charge in [-0.2, -0.15) is 5.10 Å². The van der Waals surface area contributed by atoms with Crippen molar-refractivity contribution in [1.82, 2.24) is 9.91 Å². The number of carbonyl (C=O) groups is 1. The van der Waals surface area contributed by atoms with Crippen LogP contribution in [0.4, 0.5) is 0 Å². The normalized spacial score (nSPS) is 23.7. The first-order valence-corrected chi connectivity index (χ1v) is 8.50. The molecule has 1 saturated heterocycles. The molecule has 0 radical (unpaired) electrons. The molecular weight excluding hydrogens is 282 g/mol. The number of hydrogen-bond acceptors (Lipinski definition) is 4. The second kappa shape index (κ2) is 6.26. The molecule has 0 atom stereocenters. The standard InChI is InChI=1S/C16H25N3OS/c1-6-9-19-15(20)12(14(17-19)16(2,3)4)7-8-13-18(5)10-11-21-13/h7-8H,6,9-11H2,1-5H3/b12-7+,13-8+. The number of carbonyl (C=O) groups excluding carboxylic acids is 1. The lowest BCUT2D eigenvalue weighted by Gasteiger charge is -2.17.